The molecule has 0 amide bonds. The summed E-state index contributed by atoms with van der Waals surface area (Å²) in [6, 6.07) is 6.51. The first kappa shape index (κ1) is 15.2. The lowest BCUT2D eigenvalue weighted by molar-refractivity contribution is -0.277. The Labute approximate surface area is 115 Å². The van der Waals surface area contributed by atoms with E-state index in [2.05, 4.69) is 0 Å². The van der Waals surface area contributed by atoms with Crippen LogP contribution in [0, 0.1) is 0 Å². The van der Waals surface area contributed by atoms with Crippen LogP contribution < -0.4 is 4.74 Å². The summed E-state index contributed by atoms with van der Waals surface area (Å²) in [6.07, 6.45) is -6.59. The summed E-state index contributed by atoms with van der Waals surface area (Å²) in [5.41, 5.74) is 0.618. The van der Waals surface area contributed by atoms with E-state index in [1.165, 1.54) is 0 Å². The monoisotopic (exact) mass is 286 g/mol. The number of rotatable bonds is 4. The van der Waals surface area contributed by atoms with Gasteiger partial charge in [-0.3, -0.25) is 0 Å². The summed E-state index contributed by atoms with van der Waals surface area (Å²) in [6.45, 7) is -0.673. The van der Waals surface area contributed by atoms with Crippen molar-refractivity contribution in [2.24, 2.45) is 0 Å². The van der Waals surface area contributed by atoms with Crippen LogP contribution >= 0.6 is 0 Å². The van der Waals surface area contributed by atoms with Crippen molar-refractivity contribution < 1.29 is 35.0 Å². The first-order valence-corrected chi connectivity index (χ1v) is 6.23. The van der Waals surface area contributed by atoms with Crippen LogP contribution in [-0.2, 0) is 11.3 Å². The number of aliphatic hydroxyl groups is 5. The van der Waals surface area contributed by atoms with Gasteiger partial charge >= 0.3 is 0 Å². The Morgan fingerprint density at radius 3 is 2.45 bits per heavy atom. The third-order valence-corrected chi connectivity index (χ3v) is 3.18. The van der Waals surface area contributed by atoms with Crippen molar-refractivity contribution in [3.8, 4) is 5.75 Å². The van der Waals surface area contributed by atoms with Crippen molar-refractivity contribution in [3.63, 3.8) is 0 Å². The van der Waals surface area contributed by atoms with Gasteiger partial charge in [-0.05, 0) is 17.7 Å². The van der Waals surface area contributed by atoms with Crippen LogP contribution in [0.25, 0.3) is 0 Å². The van der Waals surface area contributed by atoms with Crippen LogP contribution in [0.5, 0.6) is 5.75 Å². The van der Waals surface area contributed by atoms with Crippen LogP contribution in [0.15, 0.2) is 24.3 Å². The predicted octanol–water partition coefficient (Wildman–Crippen LogP) is -1.64. The van der Waals surface area contributed by atoms with Crippen LogP contribution in [0.2, 0.25) is 0 Å². The second kappa shape index (κ2) is 6.49. The van der Waals surface area contributed by atoms with E-state index in [0.29, 0.717) is 11.3 Å². The average Bonchev–Trinajstić information content (AvgIpc) is 2.48. The van der Waals surface area contributed by atoms with Gasteiger partial charge in [0, 0.05) is 0 Å². The molecule has 0 aromatic heterocycles. The zero-order valence-corrected chi connectivity index (χ0v) is 10.7. The standard InChI is InChI=1S/C13H18O7/c14-5-7-2-1-3-8(4-7)19-13-12(18)11(17)10(16)9(6-15)20-13/h1-4,9-18H,5-6H2/t9-,10-,11+,12-,13-/m1/s1. The van der Waals surface area contributed by atoms with Gasteiger partial charge in [-0.15, -0.1) is 0 Å². The first-order chi connectivity index (χ1) is 9.56. The van der Waals surface area contributed by atoms with Gasteiger partial charge in [0.1, 0.15) is 30.2 Å². The zero-order valence-electron chi connectivity index (χ0n) is 10.7. The van der Waals surface area contributed by atoms with Gasteiger partial charge in [0.25, 0.3) is 0 Å². The average molecular weight is 286 g/mol. The summed E-state index contributed by atoms with van der Waals surface area (Å²) >= 11 is 0. The molecule has 1 saturated heterocycles. The van der Waals surface area contributed by atoms with E-state index in [1.54, 1.807) is 24.3 Å². The van der Waals surface area contributed by atoms with Crippen molar-refractivity contribution in [1.82, 2.24) is 0 Å². The van der Waals surface area contributed by atoms with Gasteiger partial charge in [0.2, 0.25) is 6.29 Å². The largest absolute Gasteiger partial charge is 0.462 e. The Bertz CT molecular complexity index is 436. The SMILES string of the molecule is OCc1cccc(O[C@@H]2O[C@H](CO)[C@@H](O)[C@H](O)[C@H]2O)c1. The summed E-state index contributed by atoms with van der Waals surface area (Å²) in [5.74, 6) is 0.334. The minimum absolute atomic E-state index is 0.161. The Balaban J connectivity index is 2.10. The molecule has 5 N–H and O–H groups in total. The molecule has 0 saturated carbocycles. The molecule has 0 bridgehead atoms. The van der Waals surface area contributed by atoms with E-state index in [4.69, 9.17) is 19.7 Å². The summed E-state index contributed by atoms with van der Waals surface area (Å²) in [5, 5.41) is 47.2. The van der Waals surface area contributed by atoms with Crippen molar-refractivity contribution in [1.29, 1.82) is 0 Å². The maximum atomic E-state index is 9.82. The van der Waals surface area contributed by atoms with Crippen molar-refractivity contribution in [2.45, 2.75) is 37.3 Å². The van der Waals surface area contributed by atoms with Crippen LogP contribution in [0.4, 0.5) is 0 Å². The lowest BCUT2D eigenvalue weighted by Gasteiger charge is -2.39. The topological polar surface area (TPSA) is 120 Å². The van der Waals surface area contributed by atoms with Crippen molar-refractivity contribution in [3.05, 3.63) is 29.8 Å². The first-order valence-electron chi connectivity index (χ1n) is 6.23. The Kier molecular flexibility index (Phi) is 4.92. The number of benzene rings is 1. The lowest BCUT2D eigenvalue weighted by Crippen LogP contribution is -2.60. The molecule has 1 aromatic rings. The third-order valence-electron chi connectivity index (χ3n) is 3.18. The molecule has 0 spiro atoms. The second-order valence-corrected chi connectivity index (χ2v) is 4.62. The molecule has 0 aliphatic carbocycles. The van der Waals surface area contributed by atoms with Crippen LogP contribution in [0.1, 0.15) is 5.56 Å². The smallest absolute Gasteiger partial charge is 0.229 e. The molecule has 0 radical (unpaired) electrons. The van der Waals surface area contributed by atoms with Gasteiger partial charge in [0.05, 0.1) is 13.2 Å². The molecule has 112 valence electrons. The van der Waals surface area contributed by atoms with Crippen LogP contribution in [0.3, 0.4) is 0 Å². The summed E-state index contributed by atoms with van der Waals surface area (Å²) in [4.78, 5) is 0. The summed E-state index contributed by atoms with van der Waals surface area (Å²) < 4.78 is 10.6. The third kappa shape index (κ3) is 3.09. The zero-order chi connectivity index (χ0) is 14.7. The highest BCUT2D eigenvalue weighted by molar-refractivity contribution is 5.28. The highest BCUT2D eigenvalue weighted by Crippen LogP contribution is 2.24. The minimum Gasteiger partial charge on any atom is -0.462 e. The molecule has 20 heavy (non-hydrogen) atoms. The quantitative estimate of drug-likeness (QED) is 0.450. The fourth-order valence-electron chi connectivity index (χ4n) is 2.02. The molecule has 2 rings (SSSR count). The van der Waals surface area contributed by atoms with Gasteiger partial charge in [-0.1, -0.05) is 12.1 Å². The molecule has 1 aliphatic heterocycles. The highest BCUT2D eigenvalue weighted by Gasteiger charge is 2.44. The van der Waals surface area contributed by atoms with E-state index >= 15 is 0 Å². The Morgan fingerprint density at radius 1 is 1.05 bits per heavy atom. The molecule has 0 unspecified atom stereocenters. The van der Waals surface area contributed by atoms with Crippen molar-refractivity contribution in [2.75, 3.05) is 6.61 Å². The molecule has 5 atom stereocenters. The molecule has 1 fully saturated rings. The van der Waals surface area contributed by atoms with Gasteiger partial charge < -0.3 is 35.0 Å². The van der Waals surface area contributed by atoms with E-state index in [0.717, 1.165) is 0 Å². The molecule has 7 heteroatoms. The number of hydrogen-bond acceptors (Lipinski definition) is 7. The lowest BCUT2D eigenvalue weighted by atomic mass is 9.99. The maximum absolute atomic E-state index is 9.82. The fraction of sp³-hybridized carbons (Fsp3) is 0.538. The predicted molar refractivity (Wildman–Crippen MR) is 66.8 cm³/mol. The van der Waals surface area contributed by atoms with Gasteiger partial charge in [-0.25, -0.2) is 0 Å². The fourth-order valence-corrected chi connectivity index (χ4v) is 2.02. The van der Waals surface area contributed by atoms with E-state index in [1.807, 2.05) is 0 Å². The van der Waals surface area contributed by atoms with Crippen LogP contribution in [-0.4, -0.2) is 62.8 Å². The highest BCUT2D eigenvalue weighted by atomic mass is 16.7. The van der Waals surface area contributed by atoms with E-state index < -0.39 is 37.3 Å². The molecule has 7 nitrogen and oxygen atoms in total. The van der Waals surface area contributed by atoms with E-state index in [-0.39, 0.29) is 6.61 Å². The Morgan fingerprint density at radius 2 is 1.80 bits per heavy atom. The Hall–Kier alpha value is -1.22. The molecular weight excluding hydrogens is 268 g/mol. The molecule has 1 aromatic carbocycles. The molecule has 1 aliphatic rings. The van der Waals surface area contributed by atoms with E-state index in [9.17, 15) is 15.3 Å². The van der Waals surface area contributed by atoms with Gasteiger partial charge in [-0.2, -0.15) is 0 Å². The normalized spacial score (nSPS) is 34.0. The summed E-state index contributed by atoms with van der Waals surface area (Å²) in [7, 11) is 0. The number of hydrogen-bond donors (Lipinski definition) is 5. The molecule has 1 heterocycles. The van der Waals surface area contributed by atoms with Crippen molar-refractivity contribution >= 4 is 0 Å². The number of ether oxygens (including phenoxy) is 2. The van der Waals surface area contributed by atoms with Gasteiger partial charge in [0.15, 0.2) is 0 Å². The molecular formula is C13H18O7. The number of aliphatic hydroxyl groups excluding tert-OH is 5. The maximum Gasteiger partial charge on any atom is 0.229 e. The second-order valence-electron chi connectivity index (χ2n) is 4.62. The minimum atomic E-state index is -1.48.